The number of likely N-dealkylation sites (tertiary alicyclic amines) is 1. The second-order valence-electron chi connectivity index (χ2n) is 11.1. The van der Waals surface area contributed by atoms with Crippen LogP contribution in [0, 0.1) is 11.3 Å². The van der Waals surface area contributed by atoms with E-state index in [1.807, 2.05) is 10.6 Å². The van der Waals surface area contributed by atoms with Gasteiger partial charge < -0.3 is 18.9 Å². The number of hydrogen-bond donors (Lipinski definition) is 1. The van der Waals surface area contributed by atoms with Crippen LogP contribution in [0.3, 0.4) is 0 Å². The quantitative estimate of drug-likeness (QED) is 0.446. The first-order valence-electron chi connectivity index (χ1n) is 13.7. The van der Waals surface area contributed by atoms with E-state index in [9.17, 15) is 19.2 Å². The van der Waals surface area contributed by atoms with Crippen molar-refractivity contribution in [2.75, 3.05) is 38.8 Å². The number of carbonyl (C=O) groups is 3. The van der Waals surface area contributed by atoms with E-state index >= 15 is 0 Å². The summed E-state index contributed by atoms with van der Waals surface area (Å²) in [5.74, 6) is 0.121. The van der Waals surface area contributed by atoms with Crippen molar-refractivity contribution in [1.29, 1.82) is 0 Å². The first-order valence-corrected chi connectivity index (χ1v) is 13.7. The molecule has 2 saturated heterocycles. The summed E-state index contributed by atoms with van der Waals surface area (Å²) in [5.41, 5.74) is 0.471. The second-order valence-corrected chi connectivity index (χ2v) is 11.1. The molecule has 3 aromatic rings. The number of anilines is 1. The standard InChI is InChI=1S/C31H32N4O6/c1-40-25-12-11-20(14-26(25)41-2)15-31(28(37)32-30(39)35(29(31)38)23-7-4-3-5-8-23)19-33-16-21-13-22(18-33)24-9-6-10-27(36)34(24)17-21/h3-12,14,21-22H,13,15-19H2,1-2H3,(H,32,37,39)/t21-,22+,31+/m0/s1. The molecule has 0 unspecified atom stereocenters. The lowest BCUT2D eigenvalue weighted by molar-refractivity contribution is -0.144. The summed E-state index contributed by atoms with van der Waals surface area (Å²) in [4.78, 5) is 57.1. The van der Waals surface area contributed by atoms with Crippen LogP contribution in [0.5, 0.6) is 11.5 Å². The van der Waals surface area contributed by atoms with Crippen LogP contribution in [0.4, 0.5) is 10.5 Å². The molecule has 0 radical (unpaired) electrons. The molecule has 3 aliphatic rings. The fourth-order valence-corrected chi connectivity index (χ4v) is 6.68. The van der Waals surface area contributed by atoms with Crippen molar-refractivity contribution in [2.24, 2.45) is 11.3 Å². The first-order chi connectivity index (χ1) is 19.8. The van der Waals surface area contributed by atoms with Crippen LogP contribution in [0.15, 0.2) is 71.5 Å². The third-order valence-electron chi connectivity index (χ3n) is 8.49. The summed E-state index contributed by atoms with van der Waals surface area (Å²) in [6.07, 6.45) is 0.994. The van der Waals surface area contributed by atoms with Crippen molar-refractivity contribution in [2.45, 2.75) is 25.3 Å². The van der Waals surface area contributed by atoms with Gasteiger partial charge in [0.25, 0.3) is 11.5 Å². The van der Waals surface area contributed by atoms with Gasteiger partial charge in [-0.05, 0) is 54.7 Å². The fourth-order valence-electron chi connectivity index (χ4n) is 6.68. The molecule has 0 aliphatic carbocycles. The number of amides is 4. The molecule has 2 aromatic carbocycles. The number of barbiturate groups is 1. The SMILES string of the molecule is COc1ccc(C[C@@]2(CN3C[C@@H]4C[C@H](C3)c3cccc(=O)n3C4)C(=O)NC(=O)N(c3ccccc3)C2=O)cc1OC. The van der Waals surface area contributed by atoms with Gasteiger partial charge in [-0.1, -0.05) is 30.3 Å². The third-order valence-corrected chi connectivity index (χ3v) is 8.49. The summed E-state index contributed by atoms with van der Waals surface area (Å²) in [5, 5.41) is 2.48. The smallest absolute Gasteiger partial charge is 0.335 e. The van der Waals surface area contributed by atoms with E-state index in [0.717, 1.165) is 17.0 Å². The van der Waals surface area contributed by atoms with E-state index in [-0.39, 0.29) is 30.4 Å². The summed E-state index contributed by atoms with van der Waals surface area (Å²) in [6.45, 7) is 1.93. The number of para-hydroxylation sites is 1. The fraction of sp³-hybridized carbons (Fsp3) is 0.355. The number of carbonyl (C=O) groups excluding carboxylic acids is 3. The van der Waals surface area contributed by atoms with Gasteiger partial charge in [0.15, 0.2) is 11.5 Å². The molecule has 0 saturated carbocycles. The molecular formula is C31H32N4O6. The van der Waals surface area contributed by atoms with Crippen LogP contribution < -0.4 is 25.2 Å². The average Bonchev–Trinajstić information content (AvgIpc) is 2.97. The van der Waals surface area contributed by atoms with Gasteiger partial charge in [0.05, 0.1) is 19.9 Å². The number of benzene rings is 2. The maximum absolute atomic E-state index is 14.4. The number of ether oxygens (including phenoxy) is 2. The molecule has 10 nitrogen and oxygen atoms in total. The van der Waals surface area contributed by atoms with E-state index < -0.39 is 23.3 Å². The number of nitrogens with zero attached hydrogens (tertiary/aromatic N) is 3. The summed E-state index contributed by atoms with van der Waals surface area (Å²) in [7, 11) is 3.07. The normalized spacial score (nSPS) is 24.0. The van der Waals surface area contributed by atoms with Crippen molar-refractivity contribution in [3.05, 3.63) is 88.3 Å². The number of fused-ring (bicyclic) bond motifs is 4. The molecule has 4 heterocycles. The zero-order valence-electron chi connectivity index (χ0n) is 23.0. The lowest BCUT2D eigenvalue weighted by atomic mass is 9.75. The second kappa shape index (κ2) is 10.5. The zero-order valence-corrected chi connectivity index (χ0v) is 23.0. The predicted molar refractivity (Wildman–Crippen MR) is 151 cm³/mol. The van der Waals surface area contributed by atoms with Crippen LogP contribution in [-0.2, 0) is 22.6 Å². The highest BCUT2D eigenvalue weighted by atomic mass is 16.5. The molecule has 3 aliphatic heterocycles. The Morgan fingerprint density at radius 3 is 2.41 bits per heavy atom. The van der Waals surface area contributed by atoms with Gasteiger partial charge in [-0.2, -0.15) is 0 Å². The predicted octanol–water partition coefficient (Wildman–Crippen LogP) is 2.80. The Balaban J connectivity index is 1.39. The van der Waals surface area contributed by atoms with E-state index in [2.05, 4.69) is 10.2 Å². The minimum Gasteiger partial charge on any atom is -0.493 e. The molecule has 2 bridgehead atoms. The highest BCUT2D eigenvalue weighted by Crippen LogP contribution is 2.40. The number of urea groups is 1. The molecule has 1 aromatic heterocycles. The summed E-state index contributed by atoms with van der Waals surface area (Å²) >= 11 is 0. The topological polar surface area (TPSA) is 110 Å². The van der Waals surface area contributed by atoms with Crippen molar-refractivity contribution in [3.63, 3.8) is 0 Å². The van der Waals surface area contributed by atoms with E-state index in [1.54, 1.807) is 67.8 Å². The average molecular weight is 557 g/mol. The Labute approximate surface area is 237 Å². The monoisotopic (exact) mass is 556 g/mol. The number of aromatic nitrogens is 1. The highest BCUT2D eigenvalue weighted by molar-refractivity contribution is 6.30. The first kappa shape index (κ1) is 26.8. The van der Waals surface area contributed by atoms with Gasteiger partial charge >= 0.3 is 6.03 Å². The van der Waals surface area contributed by atoms with E-state index in [1.165, 1.54) is 7.11 Å². The molecule has 2 fully saturated rings. The summed E-state index contributed by atoms with van der Waals surface area (Å²) < 4.78 is 12.7. The Bertz CT molecular complexity index is 1570. The van der Waals surface area contributed by atoms with Crippen LogP contribution in [-0.4, -0.2) is 61.2 Å². The Hall–Kier alpha value is -4.44. The zero-order chi connectivity index (χ0) is 28.7. The number of imide groups is 2. The Morgan fingerprint density at radius 1 is 0.878 bits per heavy atom. The largest absolute Gasteiger partial charge is 0.493 e. The van der Waals surface area contributed by atoms with Gasteiger partial charge in [-0.15, -0.1) is 0 Å². The third kappa shape index (κ3) is 4.67. The van der Waals surface area contributed by atoms with Gasteiger partial charge in [-0.25, -0.2) is 9.69 Å². The van der Waals surface area contributed by atoms with Gasteiger partial charge in [0.2, 0.25) is 5.91 Å². The highest BCUT2D eigenvalue weighted by Gasteiger charge is 2.56. The lowest BCUT2D eigenvalue weighted by Crippen LogP contribution is -2.68. The lowest BCUT2D eigenvalue weighted by Gasteiger charge is -2.47. The molecule has 6 rings (SSSR count). The number of nitrogens with one attached hydrogen (secondary N) is 1. The molecule has 10 heteroatoms. The number of methoxy groups -OCH3 is 2. The molecule has 4 amide bonds. The minimum absolute atomic E-state index is 0.00516. The van der Waals surface area contributed by atoms with Crippen molar-refractivity contribution >= 4 is 23.5 Å². The molecule has 212 valence electrons. The number of pyridine rings is 1. The molecular weight excluding hydrogens is 524 g/mol. The van der Waals surface area contributed by atoms with Crippen LogP contribution in [0.1, 0.15) is 23.6 Å². The van der Waals surface area contributed by atoms with Crippen LogP contribution in [0.25, 0.3) is 0 Å². The molecule has 0 spiro atoms. The van der Waals surface area contributed by atoms with Gasteiger partial charge in [-0.3, -0.25) is 19.7 Å². The molecule has 41 heavy (non-hydrogen) atoms. The number of hydrogen-bond acceptors (Lipinski definition) is 7. The molecule has 1 N–H and O–H groups in total. The van der Waals surface area contributed by atoms with Crippen LogP contribution >= 0.6 is 0 Å². The molecule has 3 atom stereocenters. The van der Waals surface area contributed by atoms with Crippen molar-refractivity contribution in [3.8, 4) is 11.5 Å². The van der Waals surface area contributed by atoms with Gasteiger partial charge in [0, 0.05) is 43.9 Å². The van der Waals surface area contributed by atoms with E-state index in [4.69, 9.17) is 9.47 Å². The van der Waals surface area contributed by atoms with Gasteiger partial charge in [0.1, 0.15) is 5.41 Å². The van der Waals surface area contributed by atoms with Crippen molar-refractivity contribution < 1.29 is 23.9 Å². The summed E-state index contributed by atoms with van der Waals surface area (Å²) in [6, 6.07) is 18.5. The van der Waals surface area contributed by atoms with E-state index in [0.29, 0.717) is 42.4 Å². The maximum Gasteiger partial charge on any atom is 0.335 e. The number of piperidine rings is 1. The van der Waals surface area contributed by atoms with Crippen molar-refractivity contribution in [1.82, 2.24) is 14.8 Å². The Kier molecular flexibility index (Phi) is 6.86. The number of rotatable bonds is 7. The maximum atomic E-state index is 14.4. The van der Waals surface area contributed by atoms with Crippen LogP contribution in [0.2, 0.25) is 0 Å². The minimum atomic E-state index is -1.59. The Morgan fingerprint density at radius 2 is 1.66 bits per heavy atom.